The first-order valence-electron chi connectivity index (χ1n) is 7.46. The number of amides is 1. The zero-order valence-electron chi connectivity index (χ0n) is 13.0. The molecule has 0 saturated carbocycles. The van der Waals surface area contributed by atoms with Crippen molar-refractivity contribution >= 4 is 11.6 Å². The summed E-state index contributed by atoms with van der Waals surface area (Å²) in [6.07, 6.45) is 4.18. The number of nitrogens with zero attached hydrogens (tertiary/aromatic N) is 2. The van der Waals surface area contributed by atoms with E-state index in [1.807, 2.05) is 30.3 Å². The SMILES string of the molecule is CCc1ccccc1NC(=O)c1c(-c2cccnc2)noc1C. The maximum Gasteiger partial charge on any atom is 0.261 e. The Hall–Kier alpha value is -2.95. The van der Waals surface area contributed by atoms with E-state index in [2.05, 4.69) is 22.4 Å². The van der Waals surface area contributed by atoms with Crippen molar-refractivity contribution in [3.63, 3.8) is 0 Å². The first-order valence-corrected chi connectivity index (χ1v) is 7.46. The smallest absolute Gasteiger partial charge is 0.261 e. The standard InChI is InChI=1S/C18H17N3O2/c1-3-13-7-4-5-9-15(13)20-18(22)16-12(2)23-21-17(16)14-8-6-10-19-11-14/h4-11H,3H2,1-2H3,(H,20,22). The number of benzene rings is 1. The molecule has 0 aliphatic carbocycles. The molecule has 0 aliphatic rings. The summed E-state index contributed by atoms with van der Waals surface area (Å²) < 4.78 is 5.23. The number of hydrogen-bond donors (Lipinski definition) is 1. The molecule has 3 aromatic rings. The molecule has 23 heavy (non-hydrogen) atoms. The Bertz CT molecular complexity index is 825. The number of pyridine rings is 1. The summed E-state index contributed by atoms with van der Waals surface area (Å²) in [5.41, 5.74) is 3.57. The number of hydrogen-bond acceptors (Lipinski definition) is 4. The summed E-state index contributed by atoms with van der Waals surface area (Å²) in [4.78, 5) is 16.8. The second kappa shape index (κ2) is 6.44. The van der Waals surface area contributed by atoms with Crippen LogP contribution in [0.3, 0.4) is 0 Å². The average molecular weight is 307 g/mol. The molecule has 116 valence electrons. The number of nitrogens with one attached hydrogen (secondary N) is 1. The first-order chi connectivity index (χ1) is 11.2. The van der Waals surface area contributed by atoms with Crippen molar-refractivity contribution < 1.29 is 9.32 Å². The first kappa shape index (κ1) is 15.0. The van der Waals surface area contributed by atoms with E-state index in [-0.39, 0.29) is 5.91 Å². The minimum atomic E-state index is -0.233. The molecule has 0 fully saturated rings. The predicted octanol–water partition coefficient (Wildman–Crippen LogP) is 3.86. The summed E-state index contributed by atoms with van der Waals surface area (Å²) in [6.45, 7) is 3.78. The van der Waals surface area contributed by atoms with Gasteiger partial charge in [0, 0.05) is 23.6 Å². The third-order valence-electron chi connectivity index (χ3n) is 3.67. The van der Waals surface area contributed by atoms with E-state index in [0.717, 1.165) is 23.2 Å². The molecule has 3 rings (SSSR count). The van der Waals surface area contributed by atoms with Crippen LogP contribution in [-0.4, -0.2) is 16.0 Å². The number of aryl methyl sites for hydroxylation is 2. The van der Waals surface area contributed by atoms with Crippen molar-refractivity contribution in [3.05, 3.63) is 65.7 Å². The molecule has 1 amide bonds. The van der Waals surface area contributed by atoms with Gasteiger partial charge < -0.3 is 9.84 Å². The van der Waals surface area contributed by atoms with Crippen molar-refractivity contribution in [2.75, 3.05) is 5.32 Å². The van der Waals surface area contributed by atoms with Gasteiger partial charge in [-0.15, -0.1) is 0 Å². The van der Waals surface area contributed by atoms with Gasteiger partial charge in [0.05, 0.1) is 0 Å². The quantitative estimate of drug-likeness (QED) is 0.794. The van der Waals surface area contributed by atoms with Crippen LogP contribution in [0.25, 0.3) is 11.3 Å². The van der Waals surface area contributed by atoms with Crippen LogP contribution in [-0.2, 0) is 6.42 Å². The maximum atomic E-state index is 12.7. The van der Waals surface area contributed by atoms with Crippen LogP contribution in [0.4, 0.5) is 5.69 Å². The number of para-hydroxylation sites is 1. The summed E-state index contributed by atoms with van der Waals surface area (Å²) >= 11 is 0. The number of carbonyl (C=O) groups is 1. The van der Waals surface area contributed by atoms with Crippen LogP contribution in [0.15, 0.2) is 53.3 Å². The number of anilines is 1. The van der Waals surface area contributed by atoms with Gasteiger partial charge >= 0.3 is 0 Å². The normalized spacial score (nSPS) is 10.5. The van der Waals surface area contributed by atoms with Crippen LogP contribution < -0.4 is 5.32 Å². The third-order valence-corrected chi connectivity index (χ3v) is 3.67. The summed E-state index contributed by atoms with van der Waals surface area (Å²) in [5, 5.41) is 6.97. The van der Waals surface area contributed by atoms with Gasteiger partial charge in [0.1, 0.15) is 17.0 Å². The highest BCUT2D eigenvalue weighted by molar-refractivity contribution is 6.09. The van der Waals surface area contributed by atoms with Gasteiger partial charge in [-0.1, -0.05) is 30.3 Å². The molecule has 5 heteroatoms. The Balaban J connectivity index is 1.96. The van der Waals surface area contributed by atoms with Gasteiger partial charge in [-0.05, 0) is 37.1 Å². The zero-order chi connectivity index (χ0) is 16.2. The van der Waals surface area contributed by atoms with Crippen LogP contribution in [0.1, 0.15) is 28.6 Å². The molecule has 0 spiro atoms. The highest BCUT2D eigenvalue weighted by Gasteiger charge is 2.22. The largest absolute Gasteiger partial charge is 0.360 e. The molecule has 2 heterocycles. The maximum absolute atomic E-state index is 12.7. The van der Waals surface area contributed by atoms with E-state index in [1.165, 1.54) is 0 Å². The number of aromatic nitrogens is 2. The van der Waals surface area contributed by atoms with E-state index in [9.17, 15) is 4.79 Å². The molecule has 0 saturated heterocycles. The van der Waals surface area contributed by atoms with Gasteiger partial charge in [-0.3, -0.25) is 9.78 Å². The summed E-state index contributed by atoms with van der Waals surface area (Å²) in [6, 6.07) is 11.4. The predicted molar refractivity (Wildman–Crippen MR) is 88.2 cm³/mol. The van der Waals surface area contributed by atoms with Crippen molar-refractivity contribution in [1.29, 1.82) is 0 Å². The van der Waals surface area contributed by atoms with E-state index in [1.54, 1.807) is 25.4 Å². The Morgan fingerprint density at radius 1 is 1.22 bits per heavy atom. The fourth-order valence-electron chi connectivity index (χ4n) is 2.47. The highest BCUT2D eigenvalue weighted by Crippen LogP contribution is 2.26. The molecule has 0 bridgehead atoms. The van der Waals surface area contributed by atoms with E-state index < -0.39 is 0 Å². The van der Waals surface area contributed by atoms with Crippen molar-refractivity contribution in [2.24, 2.45) is 0 Å². The Morgan fingerprint density at radius 2 is 2.04 bits per heavy atom. The molecular weight excluding hydrogens is 290 g/mol. The lowest BCUT2D eigenvalue weighted by molar-refractivity contribution is 0.102. The molecule has 1 N–H and O–H groups in total. The molecule has 2 aromatic heterocycles. The number of carbonyl (C=O) groups excluding carboxylic acids is 1. The third kappa shape index (κ3) is 2.99. The monoisotopic (exact) mass is 307 g/mol. The lowest BCUT2D eigenvalue weighted by Crippen LogP contribution is -2.14. The van der Waals surface area contributed by atoms with Crippen molar-refractivity contribution in [3.8, 4) is 11.3 Å². The lowest BCUT2D eigenvalue weighted by atomic mass is 10.1. The van der Waals surface area contributed by atoms with Crippen LogP contribution in [0.5, 0.6) is 0 Å². The molecule has 1 aromatic carbocycles. The number of rotatable bonds is 4. The van der Waals surface area contributed by atoms with Crippen LogP contribution in [0, 0.1) is 6.92 Å². The fraction of sp³-hybridized carbons (Fsp3) is 0.167. The van der Waals surface area contributed by atoms with E-state index >= 15 is 0 Å². The summed E-state index contributed by atoms with van der Waals surface area (Å²) in [7, 11) is 0. The van der Waals surface area contributed by atoms with Gasteiger partial charge in [-0.2, -0.15) is 0 Å². The Labute approximate surface area is 134 Å². The van der Waals surface area contributed by atoms with Gasteiger partial charge in [-0.25, -0.2) is 0 Å². The van der Waals surface area contributed by atoms with Crippen LogP contribution in [0.2, 0.25) is 0 Å². The van der Waals surface area contributed by atoms with Gasteiger partial charge in [0.25, 0.3) is 5.91 Å². The molecule has 0 unspecified atom stereocenters. The Kier molecular flexibility index (Phi) is 4.19. The topological polar surface area (TPSA) is 68.0 Å². The second-order valence-corrected chi connectivity index (χ2v) is 5.17. The molecule has 0 aliphatic heterocycles. The highest BCUT2D eigenvalue weighted by atomic mass is 16.5. The van der Waals surface area contributed by atoms with Gasteiger partial charge in [0.15, 0.2) is 0 Å². The second-order valence-electron chi connectivity index (χ2n) is 5.17. The molecule has 0 radical (unpaired) electrons. The summed E-state index contributed by atoms with van der Waals surface area (Å²) in [5.74, 6) is 0.249. The van der Waals surface area contributed by atoms with E-state index in [4.69, 9.17) is 4.52 Å². The zero-order valence-corrected chi connectivity index (χ0v) is 13.0. The molecule has 5 nitrogen and oxygen atoms in total. The fourth-order valence-corrected chi connectivity index (χ4v) is 2.47. The lowest BCUT2D eigenvalue weighted by Gasteiger charge is -2.09. The van der Waals surface area contributed by atoms with Crippen molar-refractivity contribution in [2.45, 2.75) is 20.3 Å². The minimum absolute atomic E-state index is 0.233. The molecule has 0 atom stereocenters. The van der Waals surface area contributed by atoms with Crippen LogP contribution >= 0.6 is 0 Å². The Morgan fingerprint density at radius 3 is 2.78 bits per heavy atom. The van der Waals surface area contributed by atoms with E-state index in [0.29, 0.717) is 17.0 Å². The molecular formula is C18H17N3O2. The average Bonchev–Trinajstić information content (AvgIpc) is 2.98. The van der Waals surface area contributed by atoms with Gasteiger partial charge in [0.2, 0.25) is 0 Å². The minimum Gasteiger partial charge on any atom is -0.360 e. The van der Waals surface area contributed by atoms with Crippen molar-refractivity contribution in [1.82, 2.24) is 10.1 Å².